The molecule has 7 heteroatoms. The number of ether oxygens (including phenoxy) is 1. The van der Waals surface area contributed by atoms with Gasteiger partial charge in [-0.1, -0.05) is 16.8 Å². The van der Waals surface area contributed by atoms with Crippen LogP contribution in [0.5, 0.6) is 11.5 Å². The number of hydrogen-bond acceptors (Lipinski definition) is 4. The molecular formula is C12H9BrClN3O2. The summed E-state index contributed by atoms with van der Waals surface area (Å²) in [5, 5.41) is 12.2. The Bertz CT molecular complexity index is 634. The second-order valence-electron chi connectivity index (χ2n) is 3.57. The number of aromatic nitrogens is 1. The first-order chi connectivity index (χ1) is 9.10. The van der Waals surface area contributed by atoms with Gasteiger partial charge < -0.3 is 15.7 Å². The van der Waals surface area contributed by atoms with Gasteiger partial charge in [-0.25, -0.2) is 0 Å². The zero-order valence-corrected chi connectivity index (χ0v) is 11.9. The number of oxime groups is 1. The highest BCUT2D eigenvalue weighted by Gasteiger charge is 2.10. The van der Waals surface area contributed by atoms with Crippen LogP contribution in [0.3, 0.4) is 0 Å². The standard InChI is InChI=1S/C12H9BrClN3O2/c13-7-3-9(6-16-5-7)19-11-2-1-8(14)4-10(11)12(15)17-18/h1-6,18H,(H2,15,17). The molecule has 0 bridgehead atoms. The van der Waals surface area contributed by atoms with Crippen molar-refractivity contribution in [1.82, 2.24) is 4.98 Å². The summed E-state index contributed by atoms with van der Waals surface area (Å²) >= 11 is 9.17. The third kappa shape index (κ3) is 3.36. The average Bonchev–Trinajstić information content (AvgIpc) is 2.40. The number of rotatable bonds is 3. The summed E-state index contributed by atoms with van der Waals surface area (Å²) in [6.07, 6.45) is 3.19. The molecule has 0 atom stereocenters. The molecule has 3 N–H and O–H groups in total. The van der Waals surface area contributed by atoms with Gasteiger partial charge in [0.05, 0.1) is 11.8 Å². The van der Waals surface area contributed by atoms with E-state index in [1.54, 1.807) is 36.7 Å². The van der Waals surface area contributed by atoms with Crippen LogP contribution in [0.2, 0.25) is 5.02 Å². The highest BCUT2D eigenvalue weighted by atomic mass is 79.9. The lowest BCUT2D eigenvalue weighted by molar-refractivity contribution is 0.318. The van der Waals surface area contributed by atoms with E-state index in [1.807, 2.05) is 0 Å². The topological polar surface area (TPSA) is 80.7 Å². The van der Waals surface area contributed by atoms with Crippen LogP contribution in [-0.4, -0.2) is 16.0 Å². The number of pyridine rings is 1. The van der Waals surface area contributed by atoms with Crippen molar-refractivity contribution in [2.24, 2.45) is 10.9 Å². The van der Waals surface area contributed by atoms with Crippen molar-refractivity contribution >= 4 is 33.4 Å². The first kappa shape index (κ1) is 13.6. The number of nitrogens with two attached hydrogens (primary N) is 1. The van der Waals surface area contributed by atoms with Gasteiger partial charge in [-0.2, -0.15) is 0 Å². The fourth-order valence-corrected chi connectivity index (χ4v) is 1.94. The van der Waals surface area contributed by atoms with Gasteiger partial charge in [0.1, 0.15) is 11.5 Å². The van der Waals surface area contributed by atoms with Crippen LogP contribution in [0.1, 0.15) is 5.56 Å². The van der Waals surface area contributed by atoms with Gasteiger partial charge in [-0.15, -0.1) is 0 Å². The van der Waals surface area contributed by atoms with E-state index in [2.05, 4.69) is 26.1 Å². The molecule has 19 heavy (non-hydrogen) atoms. The molecule has 0 saturated heterocycles. The summed E-state index contributed by atoms with van der Waals surface area (Å²) in [7, 11) is 0. The molecule has 1 heterocycles. The van der Waals surface area contributed by atoms with E-state index < -0.39 is 0 Å². The predicted molar refractivity (Wildman–Crippen MR) is 76.0 cm³/mol. The van der Waals surface area contributed by atoms with E-state index >= 15 is 0 Å². The molecule has 0 aliphatic carbocycles. The Labute approximate surface area is 122 Å². The quantitative estimate of drug-likeness (QED) is 0.388. The van der Waals surface area contributed by atoms with Crippen LogP contribution in [-0.2, 0) is 0 Å². The van der Waals surface area contributed by atoms with E-state index in [9.17, 15) is 0 Å². The molecule has 0 aliphatic rings. The molecule has 0 fully saturated rings. The summed E-state index contributed by atoms with van der Waals surface area (Å²) in [6, 6.07) is 6.59. The second kappa shape index (κ2) is 5.90. The Morgan fingerprint density at radius 3 is 2.84 bits per heavy atom. The Morgan fingerprint density at radius 1 is 1.37 bits per heavy atom. The van der Waals surface area contributed by atoms with Gasteiger partial charge in [0.25, 0.3) is 0 Å². The molecule has 0 amide bonds. The lowest BCUT2D eigenvalue weighted by atomic mass is 10.2. The van der Waals surface area contributed by atoms with Crippen LogP contribution < -0.4 is 10.5 Å². The smallest absolute Gasteiger partial charge is 0.173 e. The van der Waals surface area contributed by atoms with Crippen molar-refractivity contribution in [3.63, 3.8) is 0 Å². The van der Waals surface area contributed by atoms with Gasteiger partial charge in [0.2, 0.25) is 0 Å². The minimum absolute atomic E-state index is 0.0829. The molecule has 2 aromatic rings. The molecular weight excluding hydrogens is 334 g/mol. The van der Waals surface area contributed by atoms with E-state index in [0.717, 1.165) is 4.47 Å². The molecule has 5 nitrogen and oxygen atoms in total. The minimum Gasteiger partial charge on any atom is -0.455 e. The minimum atomic E-state index is -0.0829. The van der Waals surface area contributed by atoms with Crippen LogP contribution in [0, 0.1) is 0 Å². The van der Waals surface area contributed by atoms with Crippen LogP contribution in [0.15, 0.2) is 46.3 Å². The van der Waals surface area contributed by atoms with Crippen LogP contribution in [0.25, 0.3) is 0 Å². The van der Waals surface area contributed by atoms with E-state index in [1.165, 1.54) is 0 Å². The maximum atomic E-state index is 8.76. The van der Waals surface area contributed by atoms with Gasteiger partial charge in [0, 0.05) is 15.7 Å². The largest absolute Gasteiger partial charge is 0.455 e. The highest BCUT2D eigenvalue weighted by Crippen LogP contribution is 2.28. The van der Waals surface area contributed by atoms with Crippen molar-refractivity contribution in [2.75, 3.05) is 0 Å². The number of benzene rings is 1. The van der Waals surface area contributed by atoms with Crippen molar-refractivity contribution in [3.8, 4) is 11.5 Å². The predicted octanol–water partition coefficient (Wildman–Crippen LogP) is 3.38. The van der Waals surface area contributed by atoms with Gasteiger partial charge in [-0.05, 0) is 40.2 Å². The lowest BCUT2D eigenvalue weighted by Crippen LogP contribution is -2.14. The number of nitrogens with zero attached hydrogens (tertiary/aromatic N) is 2. The normalized spacial score (nSPS) is 11.4. The molecule has 1 aromatic heterocycles. The monoisotopic (exact) mass is 341 g/mol. The number of hydrogen-bond donors (Lipinski definition) is 2. The molecule has 1 aromatic carbocycles. The van der Waals surface area contributed by atoms with Crippen LogP contribution in [0.4, 0.5) is 0 Å². The molecule has 0 unspecified atom stereocenters. The maximum Gasteiger partial charge on any atom is 0.173 e. The zero-order chi connectivity index (χ0) is 13.8. The summed E-state index contributed by atoms with van der Waals surface area (Å²) in [6.45, 7) is 0. The van der Waals surface area contributed by atoms with Gasteiger partial charge >= 0.3 is 0 Å². The molecule has 0 spiro atoms. The van der Waals surface area contributed by atoms with E-state index in [4.69, 9.17) is 27.3 Å². The molecule has 0 aliphatic heterocycles. The second-order valence-corrected chi connectivity index (χ2v) is 4.92. The van der Waals surface area contributed by atoms with Crippen molar-refractivity contribution in [3.05, 3.63) is 51.7 Å². The third-order valence-corrected chi connectivity index (χ3v) is 2.90. The fraction of sp³-hybridized carbons (Fsp3) is 0. The lowest BCUT2D eigenvalue weighted by Gasteiger charge is -2.10. The first-order valence-electron chi connectivity index (χ1n) is 5.16. The van der Waals surface area contributed by atoms with E-state index in [0.29, 0.717) is 22.1 Å². The molecule has 0 saturated carbocycles. The average molecular weight is 343 g/mol. The number of halogens is 2. The fourth-order valence-electron chi connectivity index (χ4n) is 1.42. The Morgan fingerprint density at radius 2 is 2.16 bits per heavy atom. The Hall–Kier alpha value is -1.79. The zero-order valence-electron chi connectivity index (χ0n) is 9.55. The van der Waals surface area contributed by atoms with Crippen molar-refractivity contribution in [1.29, 1.82) is 0 Å². The number of amidine groups is 1. The summed E-state index contributed by atoms with van der Waals surface area (Å²) < 4.78 is 6.43. The van der Waals surface area contributed by atoms with Crippen molar-refractivity contribution < 1.29 is 9.94 Å². The summed E-state index contributed by atoms with van der Waals surface area (Å²) in [5.74, 6) is 0.851. The molecule has 0 radical (unpaired) electrons. The molecule has 98 valence electrons. The third-order valence-electron chi connectivity index (χ3n) is 2.23. The Kier molecular flexibility index (Phi) is 4.24. The van der Waals surface area contributed by atoms with Crippen molar-refractivity contribution in [2.45, 2.75) is 0 Å². The van der Waals surface area contributed by atoms with Crippen LogP contribution >= 0.6 is 27.5 Å². The summed E-state index contributed by atoms with van der Waals surface area (Å²) in [5.41, 5.74) is 5.98. The Balaban J connectivity index is 2.40. The first-order valence-corrected chi connectivity index (χ1v) is 6.33. The summed E-state index contributed by atoms with van der Waals surface area (Å²) in [4.78, 5) is 3.98. The SMILES string of the molecule is NC(=NO)c1cc(Cl)ccc1Oc1cncc(Br)c1. The van der Waals surface area contributed by atoms with Gasteiger partial charge in [0.15, 0.2) is 5.84 Å². The highest BCUT2D eigenvalue weighted by molar-refractivity contribution is 9.10. The van der Waals surface area contributed by atoms with E-state index in [-0.39, 0.29) is 5.84 Å². The van der Waals surface area contributed by atoms with Gasteiger partial charge in [-0.3, -0.25) is 4.98 Å². The molecule has 2 rings (SSSR count). The maximum absolute atomic E-state index is 8.76.